The van der Waals surface area contributed by atoms with Gasteiger partial charge >= 0.3 is 5.97 Å². The second-order valence-corrected chi connectivity index (χ2v) is 6.78. The molecular weight excluding hydrogens is 433 g/mol. The molecule has 0 fully saturated rings. The molecule has 25 heavy (non-hydrogen) atoms. The normalized spacial score (nSPS) is 10.3. The zero-order valence-electron chi connectivity index (χ0n) is 13.6. The predicted molar refractivity (Wildman–Crippen MR) is 101 cm³/mol. The summed E-state index contributed by atoms with van der Waals surface area (Å²) in [5.74, 6) is 0.330. The molecule has 2 rings (SSSR count). The summed E-state index contributed by atoms with van der Waals surface area (Å²) in [5, 5.41) is 3.12. The van der Waals surface area contributed by atoms with Crippen molar-refractivity contribution in [3.63, 3.8) is 0 Å². The van der Waals surface area contributed by atoms with E-state index in [1.165, 1.54) is 19.9 Å². The van der Waals surface area contributed by atoms with Crippen molar-refractivity contribution >= 4 is 56.7 Å². The van der Waals surface area contributed by atoms with Gasteiger partial charge in [0.05, 0.1) is 15.7 Å². The highest BCUT2D eigenvalue weighted by Gasteiger charge is 2.17. The molecule has 0 unspecified atom stereocenters. The summed E-state index contributed by atoms with van der Waals surface area (Å²) < 4.78 is 11.5. The maximum absolute atomic E-state index is 11.1. The van der Waals surface area contributed by atoms with Crippen LogP contribution >= 0.6 is 39.1 Å². The summed E-state index contributed by atoms with van der Waals surface area (Å²) in [6.45, 7) is 4.41. The second kappa shape index (κ2) is 8.08. The molecule has 0 atom stereocenters. The van der Waals surface area contributed by atoms with Crippen LogP contribution in [0.15, 0.2) is 28.7 Å². The molecule has 0 saturated carbocycles. The third-order valence-corrected chi connectivity index (χ3v) is 4.49. The maximum Gasteiger partial charge on any atom is 0.308 e. The maximum atomic E-state index is 11.1. The number of carbonyl (C=O) groups excluding carboxylic acids is 2. The van der Waals surface area contributed by atoms with Crippen molar-refractivity contribution in [2.75, 3.05) is 5.32 Å². The van der Waals surface area contributed by atoms with Gasteiger partial charge in [0, 0.05) is 30.0 Å². The molecule has 0 saturated heterocycles. The van der Waals surface area contributed by atoms with Gasteiger partial charge in [0.2, 0.25) is 5.91 Å². The quantitative estimate of drug-likeness (QED) is 0.480. The van der Waals surface area contributed by atoms with Crippen molar-refractivity contribution < 1.29 is 19.1 Å². The topological polar surface area (TPSA) is 64.6 Å². The van der Waals surface area contributed by atoms with E-state index in [0.29, 0.717) is 21.5 Å². The number of nitrogens with one attached hydrogen (secondary N) is 1. The van der Waals surface area contributed by atoms with Gasteiger partial charge in [-0.2, -0.15) is 0 Å². The molecule has 0 aliphatic heterocycles. The SMILES string of the molecule is CC(=O)Nc1ccc(Oc2c(Cl)cc(OC(C)=O)c(C)c2Cl)cc1Br. The fourth-order valence-electron chi connectivity index (χ4n) is 1.99. The average Bonchev–Trinajstić information content (AvgIpc) is 2.50. The number of rotatable bonds is 4. The number of ether oxygens (including phenoxy) is 2. The fraction of sp³-hybridized carbons (Fsp3) is 0.176. The van der Waals surface area contributed by atoms with E-state index in [-0.39, 0.29) is 27.5 Å². The zero-order valence-corrected chi connectivity index (χ0v) is 16.7. The molecule has 1 amide bonds. The van der Waals surface area contributed by atoms with E-state index in [4.69, 9.17) is 32.7 Å². The van der Waals surface area contributed by atoms with Crippen molar-refractivity contribution in [1.82, 2.24) is 0 Å². The van der Waals surface area contributed by atoms with Gasteiger partial charge in [-0.15, -0.1) is 0 Å². The summed E-state index contributed by atoms with van der Waals surface area (Å²) in [6, 6.07) is 6.49. The van der Waals surface area contributed by atoms with E-state index >= 15 is 0 Å². The summed E-state index contributed by atoms with van der Waals surface area (Å²) in [4.78, 5) is 22.3. The lowest BCUT2D eigenvalue weighted by Crippen LogP contribution is -2.06. The van der Waals surface area contributed by atoms with Gasteiger partial charge in [0.15, 0.2) is 5.75 Å². The van der Waals surface area contributed by atoms with Crippen LogP contribution in [0.3, 0.4) is 0 Å². The Morgan fingerprint density at radius 2 is 1.84 bits per heavy atom. The summed E-state index contributed by atoms with van der Waals surface area (Å²) >= 11 is 15.9. The van der Waals surface area contributed by atoms with Crippen molar-refractivity contribution in [3.8, 4) is 17.2 Å². The first kappa shape index (κ1) is 19.6. The number of anilines is 1. The zero-order chi connectivity index (χ0) is 18.7. The molecule has 0 radical (unpaired) electrons. The number of carbonyl (C=O) groups is 2. The highest BCUT2D eigenvalue weighted by atomic mass is 79.9. The number of hydrogen-bond donors (Lipinski definition) is 1. The Labute approximate surface area is 163 Å². The molecule has 0 spiro atoms. The molecule has 5 nitrogen and oxygen atoms in total. The van der Waals surface area contributed by atoms with Gasteiger partial charge in [-0.1, -0.05) is 23.2 Å². The Morgan fingerprint density at radius 3 is 2.40 bits per heavy atom. The van der Waals surface area contributed by atoms with Crippen LogP contribution in [-0.4, -0.2) is 11.9 Å². The van der Waals surface area contributed by atoms with Crippen molar-refractivity contribution in [2.24, 2.45) is 0 Å². The van der Waals surface area contributed by atoms with Crippen LogP contribution in [0, 0.1) is 6.92 Å². The van der Waals surface area contributed by atoms with E-state index < -0.39 is 5.97 Å². The molecule has 2 aromatic rings. The Balaban J connectivity index is 2.34. The highest BCUT2D eigenvalue weighted by molar-refractivity contribution is 9.10. The lowest BCUT2D eigenvalue weighted by atomic mass is 10.2. The van der Waals surface area contributed by atoms with Gasteiger partial charge in [0.1, 0.15) is 11.5 Å². The van der Waals surface area contributed by atoms with Crippen LogP contribution in [0.4, 0.5) is 5.69 Å². The van der Waals surface area contributed by atoms with Gasteiger partial charge < -0.3 is 14.8 Å². The highest BCUT2D eigenvalue weighted by Crippen LogP contribution is 2.43. The molecule has 0 aliphatic rings. The number of halogens is 3. The van der Waals surface area contributed by atoms with Gasteiger partial charge in [-0.05, 0) is 41.1 Å². The van der Waals surface area contributed by atoms with Crippen LogP contribution in [0.25, 0.3) is 0 Å². The van der Waals surface area contributed by atoms with E-state index in [0.717, 1.165) is 0 Å². The van der Waals surface area contributed by atoms with E-state index in [1.54, 1.807) is 25.1 Å². The first-order valence-electron chi connectivity index (χ1n) is 7.11. The molecule has 1 N–H and O–H groups in total. The second-order valence-electron chi connectivity index (χ2n) is 5.14. The van der Waals surface area contributed by atoms with Crippen molar-refractivity contribution in [3.05, 3.63) is 44.3 Å². The average molecular weight is 447 g/mol. The fourth-order valence-corrected chi connectivity index (χ4v) is 2.97. The molecule has 2 aromatic carbocycles. The summed E-state index contributed by atoms with van der Waals surface area (Å²) in [7, 11) is 0. The number of amides is 1. The minimum absolute atomic E-state index is 0.183. The van der Waals surface area contributed by atoms with E-state index in [2.05, 4.69) is 21.2 Å². The summed E-state index contributed by atoms with van der Waals surface area (Å²) in [5.41, 5.74) is 1.14. The lowest BCUT2D eigenvalue weighted by molar-refractivity contribution is -0.131. The number of esters is 1. The van der Waals surface area contributed by atoms with Gasteiger partial charge in [0.25, 0.3) is 0 Å². The molecule has 0 bridgehead atoms. The Hall–Kier alpha value is -1.76. The summed E-state index contributed by atoms with van der Waals surface area (Å²) in [6.07, 6.45) is 0. The van der Waals surface area contributed by atoms with E-state index in [9.17, 15) is 9.59 Å². The number of benzene rings is 2. The number of hydrogen-bond acceptors (Lipinski definition) is 4. The van der Waals surface area contributed by atoms with Crippen LogP contribution in [0.1, 0.15) is 19.4 Å². The monoisotopic (exact) mass is 445 g/mol. The third kappa shape index (κ3) is 4.87. The third-order valence-electron chi connectivity index (χ3n) is 3.10. The van der Waals surface area contributed by atoms with Crippen molar-refractivity contribution in [2.45, 2.75) is 20.8 Å². The van der Waals surface area contributed by atoms with Crippen molar-refractivity contribution in [1.29, 1.82) is 0 Å². The molecule has 0 aromatic heterocycles. The Morgan fingerprint density at radius 1 is 1.16 bits per heavy atom. The first-order valence-corrected chi connectivity index (χ1v) is 8.66. The molecular formula is C17H14BrCl2NO4. The minimum atomic E-state index is -0.471. The molecule has 0 aliphatic carbocycles. The molecule has 8 heteroatoms. The molecule has 0 heterocycles. The van der Waals surface area contributed by atoms with Gasteiger partial charge in [-0.25, -0.2) is 0 Å². The smallest absolute Gasteiger partial charge is 0.308 e. The van der Waals surface area contributed by atoms with Crippen LogP contribution in [-0.2, 0) is 9.59 Å². The van der Waals surface area contributed by atoms with Crippen LogP contribution in [0.2, 0.25) is 10.0 Å². The Bertz CT molecular complexity index is 855. The van der Waals surface area contributed by atoms with Gasteiger partial charge in [-0.3, -0.25) is 9.59 Å². The lowest BCUT2D eigenvalue weighted by Gasteiger charge is -2.15. The van der Waals surface area contributed by atoms with Crippen LogP contribution < -0.4 is 14.8 Å². The first-order chi connectivity index (χ1) is 11.7. The van der Waals surface area contributed by atoms with E-state index in [1.807, 2.05) is 0 Å². The van der Waals surface area contributed by atoms with Crippen LogP contribution in [0.5, 0.6) is 17.2 Å². The largest absolute Gasteiger partial charge is 0.454 e. The predicted octanol–water partition coefficient (Wildman–Crippen LogP) is 5.74. The standard InChI is InChI=1S/C17H14BrCl2NO4/c1-8-15(24-10(3)23)7-13(19)17(16(8)20)25-11-4-5-14(12(18)6-11)21-9(2)22/h4-7H,1-3H3,(H,21,22). The minimum Gasteiger partial charge on any atom is -0.454 e. The molecule has 132 valence electrons. The Kier molecular flexibility index (Phi) is 6.32.